The van der Waals surface area contributed by atoms with Crippen molar-refractivity contribution >= 4 is 15.8 Å². The molecule has 1 aliphatic carbocycles. The normalized spacial score (nSPS) is 16.6. The first-order chi connectivity index (χ1) is 6.58. The molecule has 0 aromatic carbocycles. The number of aryl methyl sites for hydroxylation is 1. The number of hydrogen-bond donors (Lipinski definition) is 1. The first-order valence-corrected chi connectivity index (χ1v) is 6.08. The Labute approximate surface area is 83.4 Å². The molecule has 0 radical (unpaired) electrons. The van der Waals surface area contributed by atoms with Crippen molar-refractivity contribution in [3.63, 3.8) is 0 Å². The smallest absolute Gasteiger partial charge is 0.236 e. The zero-order chi connectivity index (χ0) is 10.2. The maximum atomic E-state index is 11.5. The zero-order valence-corrected chi connectivity index (χ0v) is 8.71. The zero-order valence-electron chi connectivity index (χ0n) is 7.90. The third-order valence-electron chi connectivity index (χ3n) is 2.10. The highest BCUT2D eigenvalue weighted by atomic mass is 32.2. The molecule has 1 aromatic heterocycles. The second kappa shape index (κ2) is 3.24. The monoisotopic (exact) mass is 212 g/mol. The molecule has 2 rings (SSSR count). The molecule has 1 aromatic rings. The number of pyridine rings is 1. The molecule has 0 spiro atoms. The van der Waals surface area contributed by atoms with Crippen LogP contribution in [-0.4, -0.2) is 18.7 Å². The fraction of sp³-hybridized carbons (Fsp3) is 0.444. The van der Waals surface area contributed by atoms with Gasteiger partial charge in [0.15, 0.2) is 0 Å². The summed E-state index contributed by atoms with van der Waals surface area (Å²) in [5, 5.41) is -0.204. The van der Waals surface area contributed by atoms with Crippen LogP contribution in [0.3, 0.4) is 0 Å². The lowest BCUT2D eigenvalue weighted by Crippen LogP contribution is -2.18. The molecule has 1 aliphatic rings. The van der Waals surface area contributed by atoms with Crippen LogP contribution in [0.4, 0.5) is 5.82 Å². The van der Waals surface area contributed by atoms with E-state index in [1.165, 1.54) is 0 Å². The van der Waals surface area contributed by atoms with Crippen molar-refractivity contribution < 1.29 is 8.42 Å². The second-order valence-electron chi connectivity index (χ2n) is 3.51. The van der Waals surface area contributed by atoms with E-state index in [0.717, 1.165) is 18.5 Å². The van der Waals surface area contributed by atoms with Crippen molar-refractivity contribution in [3.05, 3.63) is 23.9 Å². The fourth-order valence-electron chi connectivity index (χ4n) is 1.21. The Morgan fingerprint density at radius 1 is 1.43 bits per heavy atom. The van der Waals surface area contributed by atoms with Crippen molar-refractivity contribution in [3.8, 4) is 0 Å². The van der Waals surface area contributed by atoms with E-state index in [1.54, 1.807) is 12.1 Å². The first kappa shape index (κ1) is 9.45. The van der Waals surface area contributed by atoms with Gasteiger partial charge in [-0.05, 0) is 31.9 Å². The van der Waals surface area contributed by atoms with E-state index < -0.39 is 10.0 Å². The van der Waals surface area contributed by atoms with Gasteiger partial charge in [-0.25, -0.2) is 13.4 Å². The van der Waals surface area contributed by atoms with Crippen LogP contribution in [0.2, 0.25) is 0 Å². The molecule has 1 saturated carbocycles. The summed E-state index contributed by atoms with van der Waals surface area (Å²) in [4.78, 5) is 4.08. The highest BCUT2D eigenvalue weighted by Gasteiger charge is 2.35. The van der Waals surface area contributed by atoms with Gasteiger partial charge in [0.05, 0.1) is 5.25 Å². The Hall–Kier alpha value is -1.10. The summed E-state index contributed by atoms with van der Waals surface area (Å²) < 4.78 is 25.5. The van der Waals surface area contributed by atoms with Gasteiger partial charge in [0.25, 0.3) is 0 Å². The van der Waals surface area contributed by atoms with Crippen LogP contribution in [0, 0.1) is 6.92 Å². The summed E-state index contributed by atoms with van der Waals surface area (Å²) in [7, 11) is -3.17. The minimum atomic E-state index is -3.17. The predicted octanol–water partition coefficient (Wildman–Crippen LogP) is 1.29. The summed E-state index contributed by atoms with van der Waals surface area (Å²) in [6.45, 7) is 1.83. The van der Waals surface area contributed by atoms with Gasteiger partial charge in [0, 0.05) is 5.69 Å². The molecule has 0 unspecified atom stereocenters. The highest BCUT2D eigenvalue weighted by molar-refractivity contribution is 7.93. The maximum Gasteiger partial charge on any atom is 0.236 e. The number of aromatic nitrogens is 1. The molecule has 0 atom stereocenters. The lowest BCUT2D eigenvalue weighted by molar-refractivity contribution is 0.600. The Morgan fingerprint density at radius 3 is 2.71 bits per heavy atom. The average molecular weight is 212 g/mol. The molecule has 0 bridgehead atoms. The molecule has 14 heavy (non-hydrogen) atoms. The summed E-state index contributed by atoms with van der Waals surface area (Å²) in [6.07, 6.45) is 1.53. The molecule has 76 valence electrons. The Balaban J connectivity index is 2.18. The van der Waals surface area contributed by atoms with Crippen LogP contribution in [0.1, 0.15) is 18.5 Å². The van der Waals surface area contributed by atoms with Crippen molar-refractivity contribution in [2.45, 2.75) is 25.0 Å². The number of sulfonamides is 1. The van der Waals surface area contributed by atoms with Gasteiger partial charge in [-0.2, -0.15) is 0 Å². The Morgan fingerprint density at radius 2 is 2.14 bits per heavy atom. The van der Waals surface area contributed by atoms with Crippen LogP contribution in [0.15, 0.2) is 18.2 Å². The minimum Gasteiger partial charge on any atom is -0.267 e. The van der Waals surface area contributed by atoms with Crippen molar-refractivity contribution in [1.29, 1.82) is 0 Å². The average Bonchev–Trinajstić information content (AvgIpc) is 2.84. The summed E-state index contributed by atoms with van der Waals surface area (Å²) >= 11 is 0. The third kappa shape index (κ3) is 2.04. The largest absolute Gasteiger partial charge is 0.267 e. The van der Waals surface area contributed by atoms with Crippen molar-refractivity contribution in [1.82, 2.24) is 4.98 Å². The predicted molar refractivity (Wildman–Crippen MR) is 54.5 cm³/mol. The number of hydrogen-bond acceptors (Lipinski definition) is 3. The van der Waals surface area contributed by atoms with E-state index in [9.17, 15) is 8.42 Å². The SMILES string of the molecule is Cc1cccc(NS(=O)(=O)C2CC2)n1. The second-order valence-corrected chi connectivity index (χ2v) is 5.47. The van der Waals surface area contributed by atoms with E-state index >= 15 is 0 Å². The number of anilines is 1. The number of nitrogens with zero attached hydrogens (tertiary/aromatic N) is 1. The summed E-state index contributed by atoms with van der Waals surface area (Å²) in [6, 6.07) is 5.27. The van der Waals surface area contributed by atoms with Gasteiger partial charge >= 0.3 is 0 Å². The standard InChI is InChI=1S/C9H12N2O2S/c1-7-3-2-4-9(10-7)11-14(12,13)8-5-6-8/h2-4,8H,5-6H2,1H3,(H,10,11). The lowest BCUT2D eigenvalue weighted by atomic mass is 10.4. The molecule has 1 fully saturated rings. The van der Waals surface area contributed by atoms with E-state index in [1.807, 2.05) is 13.0 Å². The molecule has 0 aliphatic heterocycles. The molecule has 1 heterocycles. The summed E-state index contributed by atoms with van der Waals surface area (Å²) in [5.74, 6) is 0.414. The molecular weight excluding hydrogens is 200 g/mol. The van der Waals surface area contributed by atoms with Gasteiger partial charge in [-0.1, -0.05) is 6.07 Å². The van der Waals surface area contributed by atoms with Crippen molar-refractivity contribution in [2.24, 2.45) is 0 Å². The lowest BCUT2D eigenvalue weighted by Gasteiger charge is -2.05. The van der Waals surface area contributed by atoms with E-state index in [-0.39, 0.29) is 5.25 Å². The Kier molecular flexibility index (Phi) is 2.19. The van der Waals surface area contributed by atoms with Gasteiger partial charge < -0.3 is 0 Å². The highest BCUT2D eigenvalue weighted by Crippen LogP contribution is 2.29. The maximum absolute atomic E-state index is 11.5. The molecule has 0 saturated heterocycles. The van der Waals surface area contributed by atoms with Gasteiger partial charge in [0.2, 0.25) is 10.0 Å². The van der Waals surface area contributed by atoms with Crippen LogP contribution >= 0.6 is 0 Å². The third-order valence-corrected chi connectivity index (χ3v) is 3.94. The fourth-order valence-corrected chi connectivity index (χ4v) is 2.54. The number of rotatable bonds is 3. The minimum absolute atomic E-state index is 0.204. The quantitative estimate of drug-likeness (QED) is 0.821. The molecule has 4 nitrogen and oxygen atoms in total. The van der Waals surface area contributed by atoms with Gasteiger partial charge in [-0.15, -0.1) is 0 Å². The van der Waals surface area contributed by atoms with E-state index in [2.05, 4.69) is 9.71 Å². The molecule has 0 amide bonds. The molecule has 5 heteroatoms. The Bertz CT molecular complexity index is 438. The van der Waals surface area contributed by atoms with E-state index in [0.29, 0.717) is 5.82 Å². The van der Waals surface area contributed by atoms with Crippen LogP contribution < -0.4 is 4.72 Å². The van der Waals surface area contributed by atoms with Crippen molar-refractivity contribution in [2.75, 3.05) is 4.72 Å². The first-order valence-electron chi connectivity index (χ1n) is 4.53. The molecular formula is C9H12N2O2S. The van der Waals surface area contributed by atoms with Gasteiger partial charge in [-0.3, -0.25) is 4.72 Å². The van der Waals surface area contributed by atoms with Crippen LogP contribution in [-0.2, 0) is 10.0 Å². The summed E-state index contributed by atoms with van der Waals surface area (Å²) in [5.41, 5.74) is 0.806. The molecule has 1 N–H and O–H groups in total. The van der Waals surface area contributed by atoms with E-state index in [4.69, 9.17) is 0 Å². The van der Waals surface area contributed by atoms with Gasteiger partial charge in [0.1, 0.15) is 5.82 Å². The topological polar surface area (TPSA) is 59.1 Å². The number of nitrogens with one attached hydrogen (secondary N) is 1. The van der Waals surface area contributed by atoms with Crippen LogP contribution in [0.5, 0.6) is 0 Å². The van der Waals surface area contributed by atoms with Crippen LogP contribution in [0.25, 0.3) is 0 Å².